The standard InChI is InChI=1S/C18H29N/c1-3-5-9-16(4-2)12-18(14-19-15-18)13-17-10-7-6-8-11-17/h6-8,10-11,16,19H,3-5,9,12-15H2,1-2H3. The molecule has 1 aliphatic heterocycles. The van der Waals surface area contributed by atoms with Crippen LogP contribution in [0.4, 0.5) is 0 Å². The Bertz CT molecular complexity index is 353. The van der Waals surface area contributed by atoms with Crippen molar-refractivity contribution in [2.24, 2.45) is 11.3 Å². The van der Waals surface area contributed by atoms with E-state index in [0.29, 0.717) is 5.41 Å². The SMILES string of the molecule is CCCCC(CC)CC1(Cc2ccccc2)CNC1. The normalized spacial score (nSPS) is 18.8. The van der Waals surface area contributed by atoms with Crippen LogP contribution in [0, 0.1) is 11.3 Å². The van der Waals surface area contributed by atoms with Crippen LogP contribution in [0.15, 0.2) is 30.3 Å². The highest BCUT2D eigenvalue weighted by molar-refractivity contribution is 5.18. The molecule has 1 atom stereocenters. The molecule has 1 heteroatoms. The van der Waals surface area contributed by atoms with Gasteiger partial charge in [0.25, 0.3) is 0 Å². The van der Waals surface area contributed by atoms with Gasteiger partial charge in [0.15, 0.2) is 0 Å². The molecule has 0 aromatic heterocycles. The summed E-state index contributed by atoms with van der Waals surface area (Å²) in [5.74, 6) is 0.922. The first-order chi connectivity index (χ1) is 9.28. The van der Waals surface area contributed by atoms with Crippen molar-refractivity contribution in [2.75, 3.05) is 13.1 Å². The fourth-order valence-corrected chi connectivity index (χ4v) is 3.40. The summed E-state index contributed by atoms with van der Waals surface area (Å²) in [5.41, 5.74) is 2.05. The molecule has 1 aliphatic rings. The van der Waals surface area contributed by atoms with Crippen molar-refractivity contribution < 1.29 is 0 Å². The summed E-state index contributed by atoms with van der Waals surface area (Å²) in [6, 6.07) is 11.0. The van der Waals surface area contributed by atoms with Crippen molar-refractivity contribution in [2.45, 2.75) is 52.4 Å². The fourth-order valence-electron chi connectivity index (χ4n) is 3.40. The second-order valence-electron chi connectivity index (χ2n) is 6.39. The van der Waals surface area contributed by atoms with Gasteiger partial charge in [-0.25, -0.2) is 0 Å². The first-order valence-corrected chi connectivity index (χ1v) is 8.02. The molecular weight excluding hydrogens is 230 g/mol. The molecule has 0 radical (unpaired) electrons. The van der Waals surface area contributed by atoms with Crippen LogP contribution < -0.4 is 5.32 Å². The van der Waals surface area contributed by atoms with Gasteiger partial charge >= 0.3 is 0 Å². The van der Waals surface area contributed by atoms with Crippen LogP contribution in [0.2, 0.25) is 0 Å². The van der Waals surface area contributed by atoms with Gasteiger partial charge in [-0.2, -0.15) is 0 Å². The molecule has 1 N–H and O–H groups in total. The minimum Gasteiger partial charge on any atom is -0.316 e. The lowest BCUT2D eigenvalue weighted by Gasteiger charge is -2.45. The van der Waals surface area contributed by atoms with Gasteiger partial charge in [0.2, 0.25) is 0 Å². The maximum Gasteiger partial charge on any atom is 0.00235 e. The van der Waals surface area contributed by atoms with Crippen molar-refractivity contribution in [3.63, 3.8) is 0 Å². The number of unbranched alkanes of at least 4 members (excludes halogenated alkanes) is 1. The van der Waals surface area contributed by atoms with E-state index in [1.165, 1.54) is 57.2 Å². The Labute approximate surface area is 118 Å². The quantitative estimate of drug-likeness (QED) is 0.728. The van der Waals surface area contributed by atoms with Crippen molar-refractivity contribution in [1.29, 1.82) is 0 Å². The highest BCUT2D eigenvalue weighted by atomic mass is 15.0. The molecule has 0 aliphatic carbocycles. The molecule has 1 aromatic rings. The molecule has 1 nitrogen and oxygen atoms in total. The first-order valence-electron chi connectivity index (χ1n) is 8.02. The Morgan fingerprint density at radius 1 is 1.16 bits per heavy atom. The third kappa shape index (κ3) is 4.07. The molecule has 0 amide bonds. The van der Waals surface area contributed by atoms with Gasteiger partial charge < -0.3 is 5.32 Å². The number of hydrogen-bond acceptors (Lipinski definition) is 1. The van der Waals surface area contributed by atoms with Gasteiger partial charge in [0.1, 0.15) is 0 Å². The van der Waals surface area contributed by atoms with E-state index in [1.54, 1.807) is 0 Å². The molecule has 0 spiro atoms. The maximum absolute atomic E-state index is 3.51. The van der Waals surface area contributed by atoms with Gasteiger partial charge in [0, 0.05) is 13.1 Å². The van der Waals surface area contributed by atoms with Gasteiger partial charge in [-0.1, -0.05) is 69.9 Å². The highest BCUT2D eigenvalue weighted by Crippen LogP contribution is 2.37. The van der Waals surface area contributed by atoms with Crippen molar-refractivity contribution in [3.8, 4) is 0 Å². The lowest BCUT2D eigenvalue weighted by molar-refractivity contribution is 0.117. The van der Waals surface area contributed by atoms with Gasteiger partial charge in [-0.15, -0.1) is 0 Å². The van der Waals surface area contributed by atoms with E-state index < -0.39 is 0 Å². The lowest BCUT2D eigenvalue weighted by atomic mass is 9.69. The molecule has 1 fully saturated rings. The summed E-state index contributed by atoms with van der Waals surface area (Å²) in [5, 5.41) is 3.51. The lowest BCUT2D eigenvalue weighted by Crippen LogP contribution is -2.55. The minimum atomic E-state index is 0.537. The number of rotatable bonds is 8. The van der Waals surface area contributed by atoms with Crippen molar-refractivity contribution >= 4 is 0 Å². The second kappa shape index (κ2) is 7.09. The molecule has 0 bridgehead atoms. The summed E-state index contributed by atoms with van der Waals surface area (Å²) >= 11 is 0. The maximum atomic E-state index is 3.51. The zero-order valence-electron chi connectivity index (χ0n) is 12.6. The summed E-state index contributed by atoms with van der Waals surface area (Å²) in [6.07, 6.45) is 8.16. The van der Waals surface area contributed by atoms with Crippen LogP contribution in [0.3, 0.4) is 0 Å². The number of benzene rings is 1. The molecule has 19 heavy (non-hydrogen) atoms. The summed E-state index contributed by atoms with van der Waals surface area (Å²) in [4.78, 5) is 0. The second-order valence-corrected chi connectivity index (χ2v) is 6.39. The third-order valence-corrected chi connectivity index (χ3v) is 4.69. The van der Waals surface area contributed by atoms with E-state index in [1.807, 2.05) is 0 Å². The average Bonchev–Trinajstić information content (AvgIpc) is 2.41. The van der Waals surface area contributed by atoms with Crippen molar-refractivity contribution in [3.05, 3.63) is 35.9 Å². The van der Waals surface area contributed by atoms with E-state index in [0.717, 1.165) is 5.92 Å². The molecule has 0 saturated carbocycles. The largest absolute Gasteiger partial charge is 0.316 e. The topological polar surface area (TPSA) is 12.0 Å². The zero-order chi connectivity index (χ0) is 13.6. The molecule has 2 rings (SSSR count). The Hall–Kier alpha value is -0.820. The zero-order valence-corrected chi connectivity index (χ0v) is 12.6. The van der Waals surface area contributed by atoms with E-state index in [4.69, 9.17) is 0 Å². The average molecular weight is 259 g/mol. The molecule has 1 aromatic carbocycles. The summed E-state index contributed by atoms with van der Waals surface area (Å²) < 4.78 is 0. The number of hydrogen-bond donors (Lipinski definition) is 1. The Kier molecular flexibility index (Phi) is 5.45. The van der Waals surface area contributed by atoms with E-state index in [2.05, 4.69) is 49.5 Å². The Balaban J connectivity index is 1.94. The number of nitrogens with one attached hydrogen (secondary N) is 1. The Morgan fingerprint density at radius 2 is 1.89 bits per heavy atom. The van der Waals surface area contributed by atoms with Crippen LogP contribution in [0.25, 0.3) is 0 Å². The van der Waals surface area contributed by atoms with Crippen LogP contribution in [-0.2, 0) is 6.42 Å². The monoisotopic (exact) mass is 259 g/mol. The Morgan fingerprint density at radius 3 is 2.42 bits per heavy atom. The van der Waals surface area contributed by atoms with E-state index in [9.17, 15) is 0 Å². The van der Waals surface area contributed by atoms with Gasteiger partial charge in [-0.05, 0) is 29.7 Å². The van der Waals surface area contributed by atoms with Crippen LogP contribution in [0.1, 0.15) is 51.5 Å². The third-order valence-electron chi connectivity index (χ3n) is 4.69. The highest BCUT2D eigenvalue weighted by Gasteiger charge is 2.38. The van der Waals surface area contributed by atoms with E-state index in [-0.39, 0.29) is 0 Å². The molecule has 1 unspecified atom stereocenters. The van der Waals surface area contributed by atoms with Crippen LogP contribution >= 0.6 is 0 Å². The van der Waals surface area contributed by atoms with E-state index >= 15 is 0 Å². The minimum absolute atomic E-state index is 0.537. The summed E-state index contributed by atoms with van der Waals surface area (Å²) in [7, 11) is 0. The van der Waals surface area contributed by atoms with Crippen molar-refractivity contribution in [1.82, 2.24) is 5.32 Å². The molecule has 106 valence electrons. The fraction of sp³-hybridized carbons (Fsp3) is 0.667. The predicted octanol–water partition coefficient (Wildman–Crippen LogP) is 4.43. The summed E-state index contributed by atoms with van der Waals surface area (Å²) in [6.45, 7) is 7.09. The van der Waals surface area contributed by atoms with Crippen LogP contribution in [0.5, 0.6) is 0 Å². The molecule has 1 saturated heterocycles. The van der Waals surface area contributed by atoms with Gasteiger partial charge in [-0.3, -0.25) is 0 Å². The van der Waals surface area contributed by atoms with Crippen LogP contribution in [-0.4, -0.2) is 13.1 Å². The smallest absolute Gasteiger partial charge is 0.00235 e. The van der Waals surface area contributed by atoms with Gasteiger partial charge in [0.05, 0.1) is 0 Å². The molecule has 1 heterocycles. The first kappa shape index (κ1) is 14.6. The molecular formula is C18H29N. The predicted molar refractivity (Wildman–Crippen MR) is 83.4 cm³/mol.